The predicted octanol–water partition coefficient (Wildman–Crippen LogP) is 1.28. The monoisotopic (exact) mass is 321 g/mol. The highest BCUT2D eigenvalue weighted by Gasteiger charge is 2.20. The molecule has 1 aliphatic rings. The maximum Gasteiger partial charge on any atom is 0.275 e. The van der Waals surface area contributed by atoms with Gasteiger partial charge in [-0.2, -0.15) is 9.61 Å². The topological polar surface area (TPSA) is 62.5 Å². The number of hydrogen-bond acceptors (Lipinski definition) is 6. The minimum absolute atomic E-state index is 0.0872. The van der Waals surface area contributed by atoms with Gasteiger partial charge in [-0.25, -0.2) is 4.98 Å². The van der Waals surface area contributed by atoms with E-state index >= 15 is 0 Å². The van der Waals surface area contributed by atoms with Crippen molar-refractivity contribution >= 4 is 16.3 Å². The average Bonchev–Trinajstić information content (AvgIpc) is 2.89. The molecule has 0 spiro atoms. The molecule has 2 aromatic heterocycles. The van der Waals surface area contributed by atoms with Crippen LogP contribution in [0.4, 0.5) is 0 Å². The first-order valence-electron chi connectivity index (χ1n) is 7.89. The Bertz CT molecular complexity index is 687. The number of fused-ring (bicyclic) bond motifs is 1. The molecule has 0 radical (unpaired) electrons. The smallest absolute Gasteiger partial charge is 0.275 e. The quantitative estimate of drug-likeness (QED) is 0.899. The number of aryl methyl sites for hydroxylation is 1. The summed E-state index contributed by atoms with van der Waals surface area (Å²) < 4.78 is 1.42. The van der Waals surface area contributed by atoms with Crippen molar-refractivity contribution in [3.8, 4) is 0 Å². The molecule has 1 saturated heterocycles. The summed E-state index contributed by atoms with van der Waals surface area (Å²) in [7, 11) is 2.01. The number of nitrogens with one attached hydrogen (secondary N) is 1. The number of nitrogens with zero attached hydrogens (tertiary/aromatic N) is 4. The number of likely N-dealkylation sites (tertiary alicyclic amines) is 1. The van der Waals surface area contributed by atoms with Gasteiger partial charge in [0.25, 0.3) is 5.56 Å². The lowest BCUT2D eigenvalue weighted by molar-refractivity contribution is 0.172. The molecule has 1 N–H and O–H groups in total. The molecule has 7 heteroatoms. The molecule has 22 heavy (non-hydrogen) atoms. The van der Waals surface area contributed by atoms with Gasteiger partial charge in [-0.05, 0) is 58.8 Å². The molecule has 3 heterocycles. The number of aromatic nitrogens is 3. The molecular weight excluding hydrogens is 298 g/mol. The van der Waals surface area contributed by atoms with Crippen molar-refractivity contribution in [1.29, 1.82) is 0 Å². The van der Waals surface area contributed by atoms with Gasteiger partial charge in [0, 0.05) is 11.8 Å². The molecule has 0 aliphatic carbocycles. The Hall–Kier alpha value is -1.31. The van der Waals surface area contributed by atoms with E-state index < -0.39 is 0 Å². The van der Waals surface area contributed by atoms with Crippen LogP contribution in [0, 0.1) is 12.8 Å². The average molecular weight is 321 g/mol. The van der Waals surface area contributed by atoms with Crippen molar-refractivity contribution in [2.75, 3.05) is 26.7 Å². The zero-order chi connectivity index (χ0) is 15.5. The summed E-state index contributed by atoms with van der Waals surface area (Å²) in [6, 6.07) is 1.53. The van der Waals surface area contributed by atoms with E-state index in [0.717, 1.165) is 42.8 Å². The molecule has 1 aliphatic heterocycles. The zero-order valence-corrected chi connectivity index (χ0v) is 14.0. The van der Waals surface area contributed by atoms with Gasteiger partial charge in [0.1, 0.15) is 5.01 Å². The van der Waals surface area contributed by atoms with E-state index in [9.17, 15) is 4.79 Å². The number of rotatable bonds is 5. The van der Waals surface area contributed by atoms with E-state index in [1.165, 1.54) is 41.2 Å². The summed E-state index contributed by atoms with van der Waals surface area (Å²) >= 11 is 1.52. The van der Waals surface area contributed by atoms with Gasteiger partial charge in [-0.15, -0.1) is 0 Å². The molecule has 0 aromatic carbocycles. The second kappa shape index (κ2) is 6.85. The van der Waals surface area contributed by atoms with Gasteiger partial charge in [-0.1, -0.05) is 11.3 Å². The van der Waals surface area contributed by atoms with Crippen LogP contribution in [-0.2, 0) is 6.54 Å². The maximum absolute atomic E-state index is 11.9. The summed E-state index contributed by atoms with van der Waals surface area (Å²) in [5.41, 5.74) is 0.668. The Balaban J connectivity index is 1.62. The molecule has 0 saturated carbocycles. The second-order valence-electron chi connectivity index (χ2n) is 6.04. The molecule has 0 bridgehead atoms. The second-order valence-corrected chi connectivity index (χ2v) is 7.08. The molecule has 2 aromatic rings. The fourth-order valence-corrected chi connectivity index (χ4v) is 3.98. The van der Waals surface area contributed by atoms with Gasteiger partial charge in [0.05, 0.1) is 6.54 Å². The first-order chi connectivity index (χ1) is 10.7. The van der Waals surface area contributed by atoms with Crippen LogP contribution < -0.4 is 10.9 Å². The van der Waals surface area contributed by atoms with Gasteiger partial charge < -0.3 is 5.32 Å². The Morgan fingerprint density at radius 3 is 2.91 bits per heavy atom. The molecule has 6 nitrogen and oxygen atoms in total. The summed E-state index contributed by atoms with van der Waals surface area (Å²) in [6.07, 6.45) is 3.78. The fraction of sp³-hybridized carbons (Fsp3) is 0.667. The van der Waals surface area contributed by atoms with E-state index in [1.54, 1.807) is 0 Å². The largest absolute Gasteiger partial charge is 0.320 e. The van der Waals surface area contributed by atoms with Gasteiger partial charge in [0.2, 0.25) is 4.96 Å². The third-order valence-electron chi connectivity index (χ3n) is 4.28. The Morgan fingerprint density at radius 2 is 2.18 bits per heavy atom. The van der Waals surface area contributed by atoms with Crippen molar-refractivity contribution < 1.29 is 0 Å². The normalized spacial score (nSPS) is 17.4. The van der Waals surface area contributed by atoms with E-state index in [4.69, 9.17) is 0 Å². The first kappa shape index (κ1) is 15.6. The molecule has 0 atom stereocenters. The van der Waals surface area contributed by atoms with E-state index in [0.29, 0.717) is 4.96 Å². The number of piperidine rings is 1. The predicted molar refractivity (Wildman–Crippen MR) is 88.4 cm³/mol. The molecule has 3 rings (SSSR count). The minimum atomic E-state index is -0.0872. The lowest BCUT2D eigenvalue weighted by atomic mass is 9.93. The maximum atomic E-state index is 11.9. The van der Waals surface area contributed by atoms with Crippen LogP contribution in [0.1, 0.15) is 30.0 Å². The SMILES string of the molecule is CNCCC1CCN(Cc2nn3c(=O)cc(C)nc3s2)CC1. The molecule has 1 fully saturated rings. The number of hydrogen-bond donors (Lipinski definition) is 1. The van der Waals surface area contributed by atoms with Crippen LogP contribution in [0.2, 0.25) is 0 Å². The summed E-state index contributed by atoms with van der Waals surface area (Å²) in [6.45, 7) is 6.01. The van der Waals surface area contributed by atoms with Crippen LogP contribution in [0.3, 0.4) is 0 Å². The molecular formula is C15H23N5OS. The van der Waals surface area contributed by atoms with Crippen LogP contribution in [0.15, 0.2) is 10.9 Å². The molecule has 0 amide bonds. The third kappa shape index (κ3) is 3.53. The molecule has 120 valence electrons. The summed E-state index contributed by atoms with van der Waals surface area (Å²) in [4.78, 5) is 19.4. The zero-order valence-electron chi connectivity index (χ0n) is 13.2. The summed E-state index contributed by atoms with van der Waals surface area (Å²) in [5, 5.41) is 8.63. The highest BCUT2D eigenvalue weighted by Crippen LogP contribution is 2.22. The highest BCUT2D eigenvalue weighted by atomic mass is 32.1. The van der Waals surface area contributed by atoms with Crippen molar-refractivity contribution in [1.82, 2.24) is 24.8 Å². The van der Waals surface area contributed by atoms with Gasteiger partial charge in [0.15, 0.2) is 0 Å². The lowest BCUT2D eigenvalue weighted by Gasteiger charge is -2.31. The summed E-state index contributed by atoms with van der Waals surface area (Å²) in [5.74, 6) is 0.839. The van der Waals surface area contributed by atoms with Crippen LogP contribution in [-0.4, -0.2) is 46.2 Å². The van der Waals surface area contributed by atoms with Crippen LogP contribution in [0.5, 0.6) is 0 Å². The van der Waals surface area contributed by atoms with E-state index in [1.807, 2.05) is 14.0 Å². The van der Waals surface area contributed by atoms with Crippen molar-refractivity contribution in [2.24, 2.45) is 5.92 Å². The third-order valence-corrected chi connectivity index (χ3v) is 5.18. The van der Waals surface area contributed by atoms with E-state index in [2.05, 4.69) is 20.3 Å². The van der Waals surface area contributed by atoms with Crippen LogP contribution in [0.25, 0.3) is 4.96 Å². The molecule has 0 unspecified atom stereocenters. The van der Waals surface area contributed by atoms with Gasteiger partial charge >= 0.3 is 0 Å². The lowest BCUT2D eigenvalue weighted by Crippen LogP contribution is -2.34. The highest BCUT2D eigenvalue weighted by molar-refractivity contribution is 7.16. The fourth-order valence-electron chi connectivity index (χ4n) is 3.00. The first-order valence-corrected chi connectivity index (χ1v) is 8.70. The Labute approximate surface area is 134 Å². The Morgan fingerprint density at radius 1 is 1.41 bits per heavy atom. The van der Waals surface area contributed by atoms with Crippen molar-refractivity contribution in [3.63, 3.8) is 0 Å². The van der Waals surface area contributed by atoms with E-state index in [-0.39, 0.29) is 5.56 Å². The van der Waals surface area contributed by atoms with Gasteiger partial charge in [-0.3, -0.25) is 9.69 Å². The van der Waals surface area contributed by atoms with Crippen molar-refractivity contribution in [3.05, 3.63) is 27.1 Å². The minimum Gasteiger partial charge on any atom is -0.320 e. The van der Waals surface area contributed by atoms with Crippen molar-refractivity contribution in [2.45, 2.75) is 32.7 Å². The van der Waals surface area contributed by atoms with Crippen LogP contribution >= 0.6 is 11.3 Å². The standard InChI is InChI=1S/C15H23N5OS/c1-11-9-14(21)20-15(17-11)22-13(18-20)10-19-7-4-12(5-8-19)3-6-16-2/h9,12,16H,3-8,10H2,1-2H3. The Kier molecular flexibility index (Phi) is 4.85.